The van der Waals surface area contributed by atoms with Crippen molar-refractivity contribution >= 4 is 11.8 Å². The molecule has 2 aromatic carbocycles. The number of nitrogens with zero attached hydrogens (tertiary/aromatic N) is 1. The number of rotatable bonds is 10. The number of carbonyl (C=O) groups is 2. The maximum atomic E-state index is 13.1. The lowest BCUT2D eigenvalue weighted by Gasteiger charge is -2.29. The van der Waals surface area contributed by atoms with Crippen molar-refractivity contribution in [3.05, 3.63) is 65.2 Å². The number of nitrogens with one attached hydrogen (secondary N) is 1. The third-order valence-electron chi connectivity index (χ3n) is 5.20. The number of benzene rings is 2. The fraction of sp³-hybridized carbons (Fsp3) is 0.462. The van der Waals surface area contributed by atoms with Crippen molar-refractivity contribution in [2.75, 3.05) is 13.2 Å². The number of aryl methyl sites for hydroxylation is 1. The van der Waals surface area contributed by atoms with E-state index in [0.717, 1.165) is 11.1 Å². The molecule has 0 saturated heterocycles. The molecule has 1 atom stereocenters. The maximum Gasteiger partial charge on any atom is 0.261 e. The van der Waals surface area contributed by atoms with Gasteiger partial charge in [-0.25, -0.2) is 0 Å². The van der Waals surface area contributed by atoms with Crippen molar-refractivity contribution in [1.82, 2.24) is 10.2 Å². The molecule has 0 heterocycles. The van der Waals surface area contributed by atoms with Crippen molar-refractivity contribution < 1.29 is 14.3 Å². The number of amides is 2. The van der Waals surface area contributed by atoms with Crippen molar-refractivity contribution in [3.63, 3.8) is 0 Å². The second-order valence-electron chi connectivity index (χ2n) is 8.84. The normalized spacial score (nSPS) is 12.0. The first kappa shape index (κ1) is 24.4. The van der Waals surface area contributed by atoms with Gasteiger partial charge in [0.1, 0.15) is 11.8 Å². The molecule has 168 valence electrons. The average Bonchev–Trinajstić information content (AvgIpc) is 2.74. The summed E-state index contributed by atoms with van der Waals surface area (Å²) in [6.07, 6.45) is 0. The van der Waals surface area contributed by atoms with Gasteiger partial charge in [-0.3, -0.25) is 9.59 Å². The Bertz CT molecular complexity index is 859. The van der Waals surface area contributed by atoms with Crippen molar-refractivity contribution in [2.45, 2.75) is 60.0 Å². The van der Waals surface area contributed by atoms with Crippen LogP contribution in [0.25, 0.3) is 0 Å². The molecule has 5 heteroatoms. The third kappa shape index (κ3) is 7.74. The number of hydrogen-bond acceptors (Lipinski definition) is 3. The molecule has 0 bridgehead atoms. The van der Waals surface area contributed by atoms with E-state index in [-0.39, 0.29) is 18.4 Å². The highest BCUT2D eigenvalue weighted by atomic mass is 16.5. The van der Waals surface area contributed by atoms with E-state index in [4.69, 9.17) is 4.74 Å². The Morgan fingerprint density at radius 1 is 1.00 bits per heavy atom. The first-order valence-corrected chi connectivity index (χ1v) is 11.0. The highest BCUT2D eigenvalue weighted by molar-refractivity contribution is 5.87. The molecule has 1 unspecified atom stereocenters. The molecule has 0 aliphatic heterocycles. The lowest BCUT2D eigenvalue weighted by molar-refractivity contribution is -0.142. The van der Waals surface area contributed by atoms with Gasteiger partial charge < -0.3 is 15.0 Å². The van der Waals surface area contributed by atoms with Crippen LogP contribution in [0.5, 0.6) is 5.75 Å². The van der Waals surface area contributed by atoms with Crippen LogP contribution in [0.1, 0.15) is 57.2 Å². The Labute approximate surface area is 186 Å². The number of hydrogen-bond donors (Lipinski definition) is 1. The monoisotopic (exact) mass is 424 g/mol. The van der Waals surface area contributed by atoms with Crippen molar-refractivity contribution in [3.8, 4) is 5.75 Å². The quantitative estimate of drug-likeness (QED) is 0.602. The molecule has 0 fully saturated rings. The van der Waals surface area contributed by atoms with Crippen molar-refractivity contribution in [1.29, 1.82) is 0 Å². The van der Waals surface area contributed by atoms with Crippen LogP contribution >= 0.6 is 0 Å². The van der Waals surface area contributed by atoms with Crippen LogP contribution in [-0.2, 0) is 16.1 Å². The summed E-state index contributed by atoms with van der Waals surface area (Å²) in [6.45, 7) is 12.9. The summed E-state index contributed by atoms with van der Waals surface area (Å²) in [7, 11) is 0. The molecule has 0 saturated carbocycles. The summed E-state index contributed by atoms with van der Waals surface area (Å²) >= 11 is 0. The molecule has 0 spiro atoms. The molecule has 2 rings (SSSR count). The summed E-state index contributed by atoms with van der Waals surface area (Å²) in [5, 5.41) is 2.93. The Morgan fingerprint density at radius 2 is 1.68 bits per heavy atom. The van der Waals surface area contributed by atoms with E-state index in [1.165, 1.54) is 5.56 Å². The van der Waals surface area contributed by atoms with Crippen LogP contribution in [0.15, 0.2) is 48.5 Å². The van der Waals surface area contributed by atoms with E-state index in [0.29, 0.717) is 30.7 Å². The van der Waals surface area contributed by atoms with Gasteiger partial charge in [-0.15, -0.1) is 0 Å². The SMILES string of the molecule is Cc1cccc(CN(C(=O)COc2ccc(C(C)C)cc2)C(C)C(=O)NCC(C)C)c1. The van der Waals surface area contributed by atoms with Crippen LogP contribution in [0.4, 0.5) is 0 Å². The summed E-state index contributed by atoms with van der Waals surface area (Å²) in [6, 6.07) is 15.2. The molecule has 0 aromatic heterocycles. The minimum absolute atomic E-state index is 0.116. The van der Waals surface area contributed by atoms with Crippen LogP contribution in [-0.4, -0.2) is 35.9 Å². The highest BCUT2D eigenvalue weighted by Gasteiger charge is 2.26. The van der Waals surface area contributed by atoms with Gasteiger partial charge >= 0.3 is 0 Å². The van der Waals surface area contributed by atoms with E-state index >= 15 is 0 Å². The average molecular weight is 425 g/mol. The Morgan fingerprint density at radius 3 is 2.26 bits per heavy atom. The summed E-state index contributed by atoms with van der Waals surface area (Å²) < 4.78 is 5.75. The number of ether oxygens (including phenoxy) is 1. The smallest absolute Gasteiger partial charge is 0.261 e. The summed E-state index contributed by atoms with van der Waals surface area (Å²) in [5.41, 5.74) is 3.32. The molecule has 2 aromatic rings. The molecular weight excluding hydrogens is 388 g/mol. The van der Waals surface area contributed by atoms with E-state index < -0.39 is 6.04 Å². The zero-order chi connectivity index (χ0) is 23.0. The molecule has 31 heavy (non-hydrogen) atoms. The molecule has 0 radical (unpaired) electrons. The van der Waals surface area contributed by atoms with E-state index in [1.54, 1.807) is 11.8 Å². The molecule has 0 aliphatic carbocycles. The minimum atomic E-state index is -0.598. The van der Waals surface area contributed by atoms with Gasteiger partial charge in [-0.1, -0.05) is 69.7 Å². The third-order valence-corrected chi connectivity index (χ3v) is 5.20. The zero-order valence-corrected chi connectivity index (χ0v) is 19.6. The highest BCUT2D eigenvalue weighted by Crippen LogP contribution is 2.19. The first-order valence-electron chi connectivity index (χ1n) is 11.0. The largest absolute Gasteiger partial charge is 0.484 e. The van der Waals surface area contributed by atoms with Crippen LogP contribution in [0.2, 0.25) is 0 Å². The van der Waals surface area contributed by atoms with Crippen LogP contribution in [0.3, 0.4) is 0 Å². The van der Waals surface area contributed by atoms with E-state index in [2.05, 4.69) is 19.2 Å². The molecule has 0 aliphatic rings. The Balaban J connectivity index is 2.11. The molecule has 1 N–H and O–H groups in total. The first-order chi connectivity index (χ1) is 14.7. The van der Waals surface area contributed by atoms with E-state index in [9.17, 15) is 9.59 Å². The predicted molar refractivity (Wildman–Crippen MR) is 125 cm³/mol. The molecule has 5 nitrogen and oxygen atoms in total. The van der Waals surface area contributed by atoms with E-state index in [1.807, 2.05) is 69.3 Å². The maximum absolute atomic E-state index is 13.1. The van der Waals surface area contributed by atoms with Crippen LogP contribution in [0, 0.1) is 12.8 Å². The van der Waals surface area contributed by atoms with Gasteiger partial charge in [0.2, 0.25) is 5.91 Å². The minimum Gasteiger partial charge on any atom is -0.484 e. The topological polar surface area (TPSA) is 58.6 Å². The lowest BCUT2D eigenvalue weighted by atomic mass is 10.0. The second-order valence-corrected chi connectivity index (χ2v) is 8.84. The van der Waals surface area contributed by atoms with Gasteiger partial charge in [0.15, 0.2) is 6.61 Å². The van der Waals surface area contributed by atoms with Crippen LogP contribution < -0.4 is 10.1 Å². The second kappa shape index (κ2) is 11.5. The predicted octanol–water partition coefficient (Wildman–Crippen LogP) is 4.69. The fourth-order valence-corrected chi connectivity index (χ4v) is 3.22. The van der Waals surface area contributed by atoms with Crippen molar-refractivity contribution in [2.24, 2.45) is 5.92 Å². The molecule has 2 amide bonds. The van der Waals surface area contributed by atoms with Gasteiger partial charge in [0.25, 0.3) is 5.91 Å². The van der Waals surface area contributed by atoms with Gasteiger partial charge in [0.05, 0.1) is 0 Å². The summed E-state index contributed by atoms with van der Waals surface area (Å²) in [5.74, 6) is 1.04. The fourth-order valence-electron chi connectivity index (χ4n) is 3.22. The lowest BCUT2D eigenvalue weighted by Crippen LogP contribution is -2.49. The van der Waals surface area contributed by atoms with Gasteiger partial charge in [-0.05, 0) is 48.9 Å². The number of carbonyl (C=O) groups excluding carboxylic acids is 2. The van der Waals surface area contributed by atoms with Gasteiger partial charge in [0, 0.05) is 13.1 Å². The Kier molecular flexibility index (Phi) is 9.10. The zero-order valence-electron chi connectivity index (χ0n) is 19.6. The van der Waals surface area contributed by atoms with Gasteiger partial charge in [-0.2, -0.15) is 0 Å². The Hall–Kier alpha value is -2.82. The summed E-state index contributed by atoms with van der Waals surface area (Å²) in [4.78, 5) is 27.4. The standard InChI is InChI=1S/C26H36N2O3/c1-18(2)15-27-26(30)21(6)28(16-22-9-7-8-20(5)14-22)25(29)17-31-24-12-10-23(11-13-24)19(3)4/h7-14,18-19,21H,15-17H2,1-6H3,(H,27,30). The molecular formula is C26H36N2O3.